The highest BCUT2D eigenvalue weighted by Gasteiger charge is 2.18. The van der Waals surface area contributed by atoms with Crippen molar-refractivity contribution in [2.75, 3.05) is 11.1 Å². The van der Waals surface area contributed by atoms with E-state index in [4.69, 9.17) is 4.42 Å². The van der Waals surface area contributed by atoms with Crippen molar-refractivity contribution in [1.29, 1.82) is 0 Å². The number of halogens is 1. The van der Waals surface area contributed by atoms with Gasteiger partial charge in [-0.05, 0) is 35.0 Å². The van der Waals surface area contributed by atoms with Gasteiger partial charge in [0.1, 0.15) is 0 Å². The molecule has 1 amide bonds. The molecule has 0 saturated heterocycles. The van der Waals surface area contributed by atoms with Crippen molar-refractivity contribution in [2.45, 2.75) is 18.6 Å². The maximum absolute atomic E-state index is 12.5. The van der Waals surface area contributed by atoms with Gasteiger partial charge >= 0.3 is 0 Å². The highest BCUT2D eigenvalue weighted by molar-refractivity contribution is 9.10. The quantitative estimate of drug-likeness (QED) is 0.241. The first-order valence-corrected chi connectivity index (χ1v) is 11.9. The highest BCUT2D eigenvalue weighted by atomic mass is 79.9. The number of thiazole rings is 1. The van der Waals surface area contributed by atoms with Gasteiger partial charge in [-0.1, -0.05) is 47.7 Å². The number of carbonyl (C=O) groups excluding carboxylic acids is 1. The molecule has 31 heavy (non-hydrogen) atoms. The Morgan fingerprint density at radius 1 is 1.29 bits per heavy atom. The number of nitrogens with zero attached hydrogens (tertiary/aromatic N) is 4. The van der Waals surface area contributed by atoms with Crippen molar-refractivity contribution in [1.82, 2.24) is 19.7 Å². The molecule has 0 bridgehead atoms. The summed E-state index contributed by atoms with van der Waals surface area (Å²) in [6.07, 6.45) is 1.75. The standard InChI is InChI=1S/C21H18BrN5O2S2/c1-3-10-27-19(16-8-9-17(22)29-16)25-26-21(27)31-12-18(28)24-20-23-15(11-30-20)14-6-4-13(2)5-7-14/h3-9,11H,1,10,12H2,2H3,(H,23,24,28). The molecule has 4 aromatic rings. The molecule has 0 saturated carbocycles. The fraction of sp³-hybridized carbons (Fsp3) is 0.143. The third-order valence-corrected chi connectivity index (χ3v) is 6.40. The molecule has 3 aromatic heterocycles. The van der Waals surface area contributed by atoms with Crippen molar-refractivity contribution in [2.24, 2.45) is 0 Å². The first-order valence-electron chi connectivity index (χ1n) is 9.28. The molecule has 0 aliphatic carbocycles. The molecule has 0 fully saturated rings. The zero-order chi connectivity index (χ0) is 21.8. The summed E-state index contributed by atoms with van der Waals surface area (Å²) in [4.78, 5) is 17.0. The number of allylic oxidation sites excluding steroid dienone is 1. The number of thioether (sulfide) groups is 1. The normalized spacial score (nSPS) is 10.9. The Balaban J connectivity index is 1.40. The average molecular weight is 516 g/mol. The smallest absolute Gasteiger partial charge is 0.236 e. The predicted octanol–water partition coefficient (Wildman–Crippen LogP) is 5.65. The van der Waals surface area contributed by atoms with Crippen LogP contribution in [-0.4, -0.2) is 31.4 Å². The fourth-order valence-corrected chi connectivity index (χ4v) is 4.57. The Labute approximate surface area is 195 Å². The molecule has 7 nitrogen and oxygen atoms in total. The maximum atomic E-state index is 12.5. The molecule has 0 aliphatic heterocycles. The van der Waals surface area contributed by atoms with Gasteiger partial charge in [-0.25, -0.2) is 4.98 Å². The summed E-state index contributed by atoms with van der Waals surface area (Å²) in [5.41, 5.74) is 3.05. The first-order chi connectivity index (χ1) is 15.0. The summed E-state index contributed by atoms with van der Waals surface area (Å²) < 4.78 is 8.05. The SMILES string of the molecule is C=CCn1c(SCC(=O)Nc2nc(-c3ccc(C)cc3)cs2)nnc1-c1ccc(Br)o1. The van der Waals surface area contributed by atoms with E-state index in [9.17, 15) is 4.79 Å². The summed E-state index contributed by atoms with van der Waals surface area (Å²) in [6.45, 7) is 6.33. The minimum Gasteiger partial charge on any atom is -0.446 e. The molecule has 0 spiro atoms. The van der Waals surface area contributed by atoms with E-state index in [-0.39, 0.29) is 11.7 Å². The van der Waals surface area contributed by atoms with E-state index in [1.807, 2.05) is 47.2 Å². The van der Waals surface area contributed by atoms with Crippen molar-refractivity contribution in [3.63, 3.8) is 0 Å². The lowest BCUT2D eigenvalue weighted by molar-refractivity contribution is -0.113. The van der Waals surface area contributed by atoms with E-state index in [1.54, 1.807) is 12.1 Å². The second-order valence-corrected chi connectivity index (χ2v) is 9.13. The molecule has 1 aromatic carbocycles. The lowest BCUT2D eigenvalue weighted by atomic mass is 10.1. The van der Waals surface area contributed by atoms with Crippen molar-refractivity contribution < 1.29 is 9.21 Å². The lowest BCUT2D eigenvalue weighted by Gasteiger charge is -2.06. The third-order valence-electron chi connectivity index (χ3n) is 4.25. The lowest BCUT2D eigenvalue weighted by Crippen LogP contribution is -2.14. The van der Waals surface area contributed by atoms with Gasteiger partial charge in [-0.2, -0.15) is 0 Å². The van der Waals surface area contributed by atoms with Crippen LogP contribution in [0.5, 0.6) is 0 Å². The molecule has 3 heterocycles. The van der Waals surface area contributed by atoms with Crippen LogP contribution >= 0.6 is 39.0 Å². The summed E-state index contributed by atoms with van der Waals surface area (Å²) >= 11 is 5.99. The molecule has 0 radical (unpaired) electrons. The number of amides is 1. The number of benzene rings is 1. The number of nitrogens with one attached hydrogen (secondary N) is 1. The minimum absolute atomic E-state index is 0.162. The monoisotopic (exact) mass is 515 g/mol. The van der Waals surface area contributed by atoms with Crippen LogP contribution in [0.15, 0.2) is 68.7 Å². The molecule has 158 valence electrons. The first kappa shape index (κ1) is 21.5. The second kappa shape index (κ2) is 9.63. The fourth-order valence-electron chi connectivity index (χ4n) is 2.78. The van der Waals surface area contributed by atoms with E-state index < -0.39 is 0 Å². The molecule has 1 N–H and O–H groups in total. The van der Waals surface area contributed by atoms with Crippen LogP contribution in [0.25, 0.3) is 22.8 Å². The maximum Gasteiger partial charge on any atom is 0.236 e. The highest BCUT2D eigenvalue weighted by Crippen LogP contribution is 2.28. The van der Waals surface area contributed by atoms with Gasteiger partial charge in [0.2, 0.25) is 11.7 Å². The zero-order valence-corrected chi connectivity index (χ0v) is 19.8. The van der Waals surface area contributed by atoms with Crippen molar-refractivity contribution in [3.8, 4) is 22.8 Å². The van der Waals surface area contributed by atoms with Crippen LogP contribution in [0.3, 0.4) is 0 Å². The molecule has 0 unspecified atom stereocenters. The Kier molecular flexibility index (Phi) is 6.69. The third kappa shape index (κ3) is 5.15. The topological polar surface area (TPSA) is 85.8 Å². The van der Waals surface area contributed by atoms with Crippen LogP contribution in [0.2, 0.25) is 0 Å². The van der Waals surface area contributed by atoms with E-state index in [0.717, 1.165) is 11.3 Å². The number of aromatic nitrogens is 4. The van der Waals surface area contributed by atoms with Crippen LogP contribution in [0, 0.1) is 6.92 Å². The Hall–Kier alpha value is -2.69. The van der Waals surface area contributed by atoms with Gasteiger partial charge in [0.15, 0.2) is 20.7 Å². The van der Waals surface area contributed by atoms with Gasteiger partial charge in [0.05, 0.1) is 11.4 Å². The average Bonchev–Trinajstić information content (AvgIpc) is 3.48. The number of rotatable bonds is 8. The van der Waals surface area contributed by atoms with Crippen LogP contribution in [-0.2, 0) is 11.3 Å². The molecular formula is C21H18BrN5O2S2. The second-order valence-electron chi connectivity index (χ2n) is 6.55. The van der Waals surface area contributed by atoms with E-state index in [0.29, 0.717) is 33.1 Å². The molecular weight excluding hydrogens is 498 g/mol. The van der Waals surface area contributed by atoms with E-state index in [1.165, 1.54) is 28.7 Å². The zero-order valence-electron chi connectivity index (χ0n) is 16.5. The van der Waals surface area contributed by atoms with Crippen LogP contribution in [0.4, 0.5) is 5.13 Å². The van der Waals surface area contributed by atoms with Crippen LogP contribution < -0.4 is 5.32 Å². The Morgan fingerprint density at radius 3 is 2.81 bits per heavy atom. The summed E-state index contributed by atoms with van der Waals surface area (Å²) in [5, 5.41) is 14.4. The summed E-state index contributed by atoms with van der Waals surface area (Å²) in [6, 6.07) is 11.7. The molecule has 10 heteroatoms. The van der Waals surface area contributed by atoms with Gasteiger partial charge in [0.25, 0.3) is 0 Å². The Bertz CT molecular complexity index is 1210. The number of carbonyl (C=O) groups is 1. The van der Waals surface area contributed by atoms with E-state index >= 15 is 0 Å². The predicted molar refractivity (Wildman–Crippen MR) is 127 cm³/mol. The molecule has 0 atom stereocenters. The molecule has 4 rings (SSSR count). The number of anilines is 1. The van der Waals surface area contributed by atoms with Gasteiger partial charge in [0, 0.05) is 17.5 Å². The van der Waals surface area contributed by atoms with Gasteiger partial charge < -0.3 is 9.73 Å². The van der Waals surface area contributed by atoms with Crippen molar-refractivity contribution in [3.05, 3.63) is 64.7 Å². The molecule has 0 aliphatic rings. The van der Waals surface area contributed by atoms with Crippen LogP contribution in [0.1, 0.15) is 5.56 Å². The van der Waals surface area contributed by atoms with Crippen molar-refractivity contribution >= 4 is 50.1 Å². The largest absolute Gasteiger partial charge is 0.446 e. The number of hydrogen-bond donors (Lipinski definition) is 1. The minimum atomic E-state index is -0.162. The number of furan rings is 1. The van der Waals surface area contributed by atoms with E-state index in [2.05, 4.69) is 43.0 Å². The van der Waals surface area contributed by atoms with Gasteiger partial charge in [-0.15, -0.1) is 28.1 Å². The number of hydrogen-bond acceptors (Lipinski definition) is 7. The summed E-state index contributed by atoms with van der Waals surface area (Å²) in [7, 11) is 0. The Morgan fingerprint density at radius 2 is 2.10 bits per heavy atom. The number of aryl methyl sites for hydroxylation is 1. The summed E-state index contributed by atoms with van der Waals surface area (Å²) in [5.74, 6) is 1.18. The van der Waals surface area contributed by atoms with Gasteiger partial charge in [-0.3, -0.25) is 9.36 Å².